The topological polar surface area (TPSA) is 0 Å². The van der Waals surface area contributed by atoms with Crippen molar-refractivity contribution in [1.82, 2.24) is 0 Å². The number of hydrogen-bond acceptors (Lipinski definition) is 0. The van der Waals surface area contributed by atoms with Gasteiger partial charge in [-0.2, -0.15) is 0 Å². The highest BCUT2D eigenvalue weighted by Gasteiger charge is 2.15. The third-order valence-electron chi connectivity index (χ3n) is 2.99. The first-order valence-corrected chi connectivity index (χ1v) is 8.13. The van der Waals surface area contributed by atoms with Crippen LogP contribution in [0.4, 0.5) is 0 Å². The first kappa shape index (κ1) is 15.2. The minimum Gasteiger partial charge on any atom is -0.0925 e. The Morgan fingerprint density at radius 2 is 1.82 bits per heavy atom. The third-order valence-corrected chi connectivity index (χ3v) is 4.68. The highest BCUT2D eigenvalue weighted by molar-refractivity contribution is 9.10. The Bertz CT molecular complexity index is 339. The van der Waals surface area contributed by atoms with Gasteiger partial charge in [-0.25, -0.2) is 0 Å². The third kappa shape index (κ3) is 6.05. The molecule has 0 spiro atoms. The summed E-state index contributed by atoms with van der Waals surface area (Å²) in [7, 11) is 0. The molecule has 0 N–H and O–H groups in total. The number of benzene rings is 1. The fraction of sp³-hybridized carbons (Fsp3) is 0.600. The Labute approximate surface area is 122 Å². The minimum atomic E-state index is 0.439. The van der Waals surface area contributed by atoms with Crippen LogP contribution in [0.25, 0.3) is 0 Å². The van der Waals surface area contributed by atoms with E-state index >= 15 is 0 Å². The summed E-state index contributed by atoms with van der Waals surface area (Å²) in [5, 5.41) is 1.09. The predicted molar refractivity (Wildman–Crippen MR) is 83.8 cm³/mol. The van der Waals surface area contributed by atoms with Crippen molar-refractivity contribution in [3.63, 3.8) is 0 Å². The van der Waals surface area contributed by atoms with Crippen LogP contribution in [0.1, 0.15) is 39.2 Å². The second-order valence-electron chi connectivity index (χ2n) is 5.92. The lowest BCUT2D eigenvalue weighted by Crippen LogP contribution is -2.12. The first-order chi connectivity index (χ1) is 7.92. The molecule has 0 aliphatic heterocycles. The summed E-state index contributed by atoms with van der Waals surface area (Å²) in [5.41, 5.74) is 1.86. The van der Waals surface area contributed by atoms with Gasteiger partial charge in [0.05, 0.1) is 0 Å². The fourth-order valence-corrected chi connectivity index (χ4v) is 2.85. The van der Waals surface area contributed by atoms with Gasteiger partial charge < -0.3 is 0 Å². The lowest BCUT2D eigenvalue weighted by molar-refractivity contribution is 0.332. The van der Waals surface area contributed by atoms with Crippen LogP contribution in [-0.4, -0.2) is 5.33 Å². The van der Waals surface area contributed by atoms with Crippen molar-refractivity contribution in [2.45, 2.75) is 40.0 Å². The number of halogens is 2. The summed E-state index contributed by atoms with van der Waals surface area (Å²) in [5.74, 6) is 0.730. The van der Waals surface area contributed by atoms with E-state index in [1.54, 1.807) is 0 Å². The van der Waals surface area contributed by atoms with E-state index in [1.165, 1.54) is 22.9 Å². The molecule has 0 amide bonds. The van der Waals surface area contributed by atoms with Gasteiger partial charge in [-0.05, 0) is 42.2 Å². The standard InChI is InChI=1S/C15H22Br2/c1-15(2,3)9-8-12(11-16)10-13-6-4-5-7-14(13)17/h4-7,12H,8-11H2,1-3H3. The molecule has 1 aromatic carbocycles. The Balaban J connectivity index is 2.56. The normalized spacial score (nSPS) is 13.7. The highest BCUT2D eigenvalue weighted by atomic mass is 79.9. The molecule has 1 rings (SSSR count). The van der Waals surface area contributed by atoms with Crippen molar-refractivity contribution in [3.8, 4) is 0 Å². The van der Waals surface area contributed by atoms with Gasteiger partial charge in [-0.15, -0.1) is 0 Å². The Kier molecular flexibility index (Phi) is 6.22. The molecule has 0 heterocycles. The monoisotopic (exact) mass is 360 g/mol. The first-order valence-electron chi connectivity index (χ1n) is 6.22. The van der Waals surface area contributed by atoms with Crippen LogP contribution in [0.3, 0.4) is 0 Å². The number of hydrogen-bond donors (Lipinski definition) is 0. The molecule has 0 saturated carbocycles. The Hall–Kier alpha value is 0.180. The van der Waals surface area contributed by atoms with Gasteiger partial charge in [0, 0.05) is 9.80 Å². The van der Waals surface area contributed by atoms with Crippen LogP contribution >= 0.6 is 31.9 Å². The van der Waals surface area contributed by atoms with Crippen molar-refractivity contribution < 1.29 is 0 Å². The number of alkyl halides is 1. The molecule has 1 unspecified atom stereocenters. The molecule has 0 saturated heterocycles. The van der Waals surface area contributed by atoms with Gasteiger partial charge in [-0.1, -0.05) is 70.8 Å². The van der Waals surface area contributed by atoms with E-state index in [0.717, 1.165) is 17.7 Å². The van der Waals surface area contributed by atoms with Crippen LogP contribution < -0.4 is 0 Å². The van der Waals surface area contributed by atoms with Gasteiger partial charge >= 0.3 is 0 Å². The molecule has 0 aliphatic carbocycles. The quantitative estimate of drug-likeness (QED) is 0.579. The molecular weight excluding hydrogens is 340 g/mol. The van der Waals surface area contributed by atoms with Crippen LogP contribution in [0.5, 0.6) is 0 Å². The summed E-state index contributed by atoms with van der Waals surface area (Å²) < 4.78 is 1.24. The van der Waals surface area contributed by atoms with Crippen molar-refractivity contribution in [3.05, 3.63) is 34.3 Å². The molecule has 1 aromatic rings. The van der Waals surface area contributed by atoms with Crippen LogP contribution in [0.2, 0.25) is 0 Å². The van der Waals surface area contributed by atoms with E-state index in [4.69, 9.17) is 0 Å². The molecular formula is C15H22Br2. The SMILES string of the molecule is CC(C)(C)CCC(CBr)Cc1ccccc1Br. The Morgan fingerprint density at radius 1 is 1.18 bits per heavy atom. The summed E-state index contributed by atoms with van der Waals surface area (Å²) in [6.45, 7) is 6.95. The maximum absolute atomic E-state index is 3.65. The van der Waals surface area contributed by atoms with E-state index in [1.807, 2.05) is 0 Å². The average Bonchev–Trinajstić information content (AvgIpc) is 2.25. The molecule has 17 heavy (non-hydrogen) atoms. The molecule has 2 heteroatoms. The average molecular weight is 362 g/mol. The zero-order valence-corrected chi connectivity index (χ0v) is 14.1. The van der Waals surface area contributed by atoms with Crippen LogP contribution in [0, 0.1) is 11.3 Å². The lowest BCUT2D eigenvalue weighted by atomic mass is 9.85. The van der Waals surface area contributed by atoms with Crippen molar-refractivity contribution in [2.24, 2.45) is 11.3 Å². The van der Waals surface area contributed by atoms with E-state index in [2.05, 4.69) is 76.9 Å². The lowest BCUT2D eigenvalue weighted by Gasteiger charge is -2.22. The zero-order chi connectivity index (χ0) is 12.9. The van der Waals surface area contributed by atoms with Crippen LogP contribution in [-0.2, 0) is 6.42 Å². The van der Waals surface area contributed by atoms with Gasteiger partial charge in [-0.3, -0.25) is 0 Å². The molecule has 0 bridgehead atoms. The van der Waals surface area contributed by atoms with Crippen molar-refractivity contribution in [2.75, 3.05) is 5.33 Å². The summed E-state index contributed by atoms with van der Waals surface area (Å²) >= 11 is 7.28. The molecule has 0 aliphatic rings. The second kappa shape index (κ2) is 6.94. The summed E-state index contributed by atoms with van der Waals surface area (Å²) in [6, 6.07) is 8.54. The number of rotatable bonds is 5. The van der Waals surface area contributed by atoms with Gasteiger partial charge in [0.1, 0.15) is 0 Å². The fourth-order valence-electron chi connectivity index (χ4n) is 1.85. The highest BCUT2D eigenvalue weighted by Crippen LogP contribution is 2.28. The predicted octanol–water partition coefficient (Wildman–Crippen LogP) is 5.83. The Morgan fingerprint density at radius 3 is 2.35 bits per heavy atom. The summed E-state index contributed by atoms with van der Waals surface area (Å²) in [6.07, 6.45) is 3.73. The summed E-state index contributed by atoms with van der Waals surface area (Å²) in [4.78, 5) is 0. The van der Waals surface area contributed by atoms with E-state index < -0.39 is 0 Å². The van der Waals surface area contributed by atoms with E-state index in [-0.39, 0.29) is 0 Å². The molecule has 0 nitrogen and oxygen atoms in total. The largest absolute Gasteiger partial charge is 0.0925 e. The van der Waals surface area contributed by atoms with Gasteiger partial charge in [0.25, 0.3) is 0 Å². The molecule has 96 valence electrons. The van der Waals surface area contributed by atoms with Crippen molar-refractivity contribution in [1.29, 1.82) is 0 Å². The molecule has 1 atom stereocenters. The zero-order valence-electron chi connectivity index (χ0n) is 11.0. The van der Waals surface area contributed by atoms with E-state index in [0.29, 0.717) is 5.41 Å². The molecule has 0 radical (unpaired) electrons. The van der Waals surface area contributed by atoms with Crippen LogP contribution in [0.15, 0.2) is 28.7 Å². The molecule has 0 fully saturated rings. The maximum atomic E-state index is 3.65. The minimum absolute atomic E-state index is 0.439. The van der Waals surface area contributed by atoms with Gasteiger partial charge in [0.15, 0.2) is 0 Å². The van der Waals surface area contributed by atoms with Gasteiger partial charge in [0.2, 0.25) is 0 Å². The molecule has 0 aromatic heterocycles. The van der Waals surface area contributed by atoms with Crippen molar-refractivity contribution >= 4 is 31.9 Å². The second-order valence-corrected chi connectivity index (χ2v) is 7.42. The smallest absolute Gasteiger partial charge is 0.0207 e. The maximum Gasteiger partial charge on any atom is 0.0207 e. The van der Waals surface area contributed by atoms with E-state index in [9.17, 15) is 0 Å².